The van der Waals surface area contributed by atoms with Gasteiger partial charge in [-0.3, -0.25) is 19.3 Å². The van der Waals surface area contributed by atoms with Gasteiger partial charge in [-0.05, 0) is 6.92 Å². The van der Waals surface area contributed by atoms with Crippen LogP contribution in [0.25, 0.3) is 0 Å². The maximum atomic E-state index is 12.5. The normalized spacial score (nSPS) is 22.7. The molecule has 0 aliphatic carbocycles. The molecule has 3 atom stereocenters. The molecule has 8 nitrogen and oxygen atoms in total. The van der Waals surface area contributed by atoms with Crippen molar-refractivity contribution in [2.24, 2.45) is 5.92 Å². The van der Waals surface area contributed by atoms with Gasteiger partial charge in [0.2, 0.25) is 5.91 Å². The summed E-state index contributed by atoms with van der Waals surface area (Å²) in [5, 5.41) is -0.404. The van der Waals surface area contributed by atoms with Crippen molar-refractivity contribution in [1.82, 2.24) is 4.90 Å². The van der Waals surface area contributed by atoms with Gasteiger partial charge in [0.05, 0.1) is 4.91 Å². The number of esters is 3. The molecular weight excluding hydrogens is 350 g/mol. The van der Waals surface area contributed by atoms with Crippen LogP contribution in [0.4, 0.5) is 0 Å². The molecule has 0 spiro atoms. The van der Waals surface area contributed by atoms with Crippen molar-refractivity contribution < 1.29 is 33.4 Å². The zero-order valence-corrected chi connectivity index (χ0v) is 15.0. The lowest BCUT2D eigenvalue weighted by molar-refractivity contribution is -0.165. The van der Waals surface area contributed by atoms with Crippen LogP contribution in [0.5, 0.6) is 0 Å². The molecule has 1 saturated heterocycles. The Balaban J connectivity index is 2.20. The van der Waals surface area contributed by atoms with Gasteiger partial charge in [-0.1, -0.05) is 24.4 Å². The van der Waals surface area contributed by atoms with E-state index in [0.717, 1.165) is 0 Å². The summed E-state index contributed by atoms with van der Waals surface area (Å²) in [6, 6.07) is 0. The molecule has 0 aromatic rings. The minimum atomic E-state index is -0.691. The van der Waals surface area contributed by atoms with Crippen LogP contribution < -0.4 is 0 Å². The first-order valence-corrected chi connectivity index (χ1v) is 8.47. The summed E-state index contributed by atoms with van der Waals surface area (Å²) in [4.78, 5) is 48.7. The van der Waals surface area contributed by atoms with Crippen LogP contribution in [0.2, 0.25) is 0 Å². The van der Waals surface area contributed by atoms with Crippen molar-refractivity contribution in [2.45, 2.75) is 32.2 Å². The van der Waals surface area contributed by atoms with Gasteiger partial charge in [-0.15, -0.1) is 0 Å². The predicted molar refractivity (Wildman–Crippen MR) is 87.8 cm³/mol. The molecule has 2 aliphatic rings. The third-order valence-corrected chi connectivity index (χ3v) is 4.98. The summed E-state index contributed by atoms with van der Waals surface area (Å²) >= 11 is 1.23. The second-order valence-electron chi connectivity index (χ2n) is 5.50. The van der Waals surface area contributed by atoms with Crippen molar-refractivity contribution in [3.05, 3.63) is 23.3 Å². The summed E-state index contributed by atoms with van der Waals surface area (Å²) in [7, 11) is 0. The lowest BCUT2D eigenvalue weighted by Crippen LogP contribution is -2.61. The molecule has 2 aliphatic heterocycles. The van der Waals surface area contributed by atoms with Gasteiger partial charge in [0, 0.05) is 13.8 Å². The summed E-state index contributed by atoms with van der Waals surface area (Å²) in [6.07, 6.45) is 0.782. The van der Waals surface area contributed by atoms with E-state index in [2.05, 4.69) is 6.58 Å². The van der Waals surface area contributed by atoms with Crippen molar-refractivity contribution in [3.8, 4) is 0 Å². The lowest BCUT2D eigenvalue weighted by Gasteiger charge is -2.44. The van der Waals surface area contributed by atoms with E-state index in [4.69, 9.17) is 14.2 Å². The SMILES string of the molecule is C=CCOC(=O)C1=C(COC(C)=O)S[C@H]2[C@@H]([C@@H](C)OC(C)=O)C(=O)N12. The van der Waals surface area contributed by atoms with E-state index in [-0.39, 0.29) is 24.8 Å². The van der Waals surface area contributed by atoms with Crippen LogP contribution in [-0.2, 0) is 33.4 Å². The van der Waals surface area contributed by atoms with Crippen LogP contribution in [0.3, 0.4) is 0 Å². The van der Waals surface area contributed by atoms with Gasteiger partial charge < -0.3 is 14.2 Å². The van der Waals surface area contributed by atoms with E-state index in [9.17, 15) is 19.2 Å². The molecular formula is C16H19NO7S. The number of rotatable bonds is 7. The molecule has 0 bridgehead atoms. The zero-order chi connectivity index (χ0) is 18.7. The number of thioether (sulfide) groups is 1. The maximum Gasteiger partial charge on any atom is 0.356 e. The highest BCUT2D eigenvalue weighted by Gasteiger charge is 2.58. The Kier molecular flexibility index (Phi) is 5.89. The van der Waals surface area contributed by atoms with Gasteiger partial charge in [0.15, 0.2) is 0 Å². The molecule has 0 saturated carbocycles. The number of β-lactam (4-membered cyclic amide) rings is 1. The fourth-order valence-electron chi connectivity index (χ4n) is 2.64. The first-order chi connectivity index (χ1) is 11.8. The quantitative estimate of drug-likeness (QED) is 0.283. The Labute approximate surface area is 149 Å². The highest BCUT2D eigenvalue weighted by Crippen LogP contribution is 2.50. The molecule has 9 heteroatoms. The smallest absolute Gasteiger partial charge is 0.356 e. The number of hydrogen-bond acceptors (Lipinski definition) is 8. The largest absolute Gasteiger partial charge is 0.462 e. The molecule has 0 N–H and O–H groups in total. The minimum absolute atomic E-state index is 0.00613. The number of ether oxygens (including phenoxy) is 3. The molecule has 1 fully saturated rings. The number of carbonyl (C=O) groups is 4. The highest BCUT2D eigenvalue weighted by molar-refractivity contribution is 8.04. The van der Waals surface area contributed by atoms with Gasteiger partial charge >= 0.3 is 17.9 Å². The molecule has 2 rings (SSSR count). The molecule has 0 unspecified atom stereocenters. The van der Waals surface area contributed by atoms with Crippen molar-refractivity contribution in [3.63, 3.8) is 0 Å². The Morgan fingerprint density at radius 2 is 1.96 bits per heavy atom. The van der Waals surface area contributed by atoms with E-state index in [1.54, 1.807) is 6.92 Å². The summed E-state index contributed by atoms with van der Waals surface area (Å²) in [5.41, 5.74) is 0.0642. The van der Waals surface area contributed by atoms with Crippen molar-refractivity contribution in [2.75, 3.05) is 13.2 Å². The molecule has 0 aromatic carbocycles. The highest BCUT2D eigenvalue weighted by atomic mass is 32.2. The Morgan fingerprint density at radius 1 is 1.28 bits per heavy atom. The van der Waals surface area contributed by atoms with Gasteiger partial charge in [0.25, 0.3) is 0 Å². The average molecular weight is 369 g/mol. The van der Waals surface area contributed by atoms with Crippen LogP contribution in [0, 0.1) is 5.92 Å². The molecule has 2 heterocycles. The Bertz CT molecular complexity index is 657. The number of fused-ring (bicyclic) bond motifs is 1. The molecule has 0 aromatic heterocycles. The Morgan fingerprint density at radius 3 is 2.52 bits per heavy atom. The van der Waals surface area contributed by atoms with Gasteiger partial charge in [0.1, 0.15) is 36.3 Å². The first-order valence-electron chi connectivity index (χ1n) is 7.59. The van der Waals surface area contributed by atoms with Gasteiger partial charge in [-0.25, -0.2) is 4.79 Å². The second kappa shape index (κ2) is 7.73. The number of hydrogen-bond donors (Lipinski definition) is 0. The minimum Gasteiger partial charge on any atom is -0.462 e. The van der Waals surface area contributed by atoms with Crippen molar-refractivity contribution in [1.29, 1.82) is 0 Å². The number of carbonyl (C=O) groups excluding carboxylic acids is 4. The fraction of sp³-hybridized carbons (Fsp3) is 0.500. The molecule has 25 heavy (non-hydrogen) atoms. The van der Waals surface area contributed by atoms with E-state index in [1.807, 2.05) is 0 Å². The summed E-state index contributed by atoms with van der Waals surface area (Å²) in [5.74, 6) is -2.60. The third-order valence-electron chi connectivity index (χ3n) is 3.64. The van der Waals surface area contributed by atoms with Crippen LogP contribution in [0.1, 0.15) is 20.8 Å². The molecule has 1 amide bonds. The first kappa shape index (κ1) is 19.0. The van der Waals surface area contributed by atoms with Crippen LogP contribution >= 0.6 is 11.8 Å². The fourth-order valence-corrected chi connectivity index (χ4v) is 4.15. The van der Waals surface area contributed by atoms with Crippen LogP contribution in [0.15, 0.2) is 23.3 Å². The molecule has 136 valence electrons. The van der Waals surface area contributed by atoms with E-state index < -0.39 is 35.3 Å². The average Bonchev–Trinajstić information content (AvgIpc) is 2.84. The van der Waals surface area contributed by atoms with Gasteiger partial charge in [-0.2, -0.15) is 0 Å². The van der Waals surface area contributed by atoms with E-state index in [1.165, 1.54) is 36.6 Å². The monoisotopic (exact) mass is 369 g/mol. The topological polar surface area (TPSA) is 99.2 Å². The maximum absolute atomic E-state index is 12.5. The number of amides is 1. The third kappa shape index (κ3) is 3.87. The Hall–Kier alpha value is -2.29. The van der Waals surface area contributed by atoms with E-state index in [0.29, 0.717) is 4.91 Å². The predicted octanol–water partition coefficient (Wildman–Crippen LogP) is 0.973. The zero-order valence-electron chi connectivity index (χ0n) is 14.1. The summed E-state index contributed by atoms with van der Waals surface area (Å²) in [6.45, 7) is 7.47. The molecule has 0 radical (unpaired) electrons. The second-order valence-corrected chi connectivity index (χ2v) is 6.71. The van der Waals surface area contributed by atoms with Crippen LogP contribution in [-0.4, -0.2) is 53.4 Å². The number of nitrogens with zero attached hydrogens (tertiary/aromatic N) is 1. The summed E-state index contributed by atoms with van der Waals surface area (Å²) < 4.78 is 15.1. The lowest BCUT2D eigenvalue weighted by atomic mass is 9.92. The van der Waals surface area contributed by atoms with Crippen molar-refractivity contribution >= 4 is 35.6 Å². The standard InChI is InChI=1S/C16H19NO7S/c1-5-6-22-16(21)13-11(7-23-9(3)18)25-15-12(14(20)17(13)15)8(2)24-10(4)19/h5,8,12,15H,1,6-7H2,2-4H3/t8-,12+,15+/m1/s1. The van der Waals surface area contributed by atoms with E-state index >= 15 is 0 Å².